The van der Waals surface area contributed by atoms with Crippen LogP contribution in [0.4, 0.5) is 18.9 Å². The molecule has 1 atom stereocenters. The van der Waals surface area contributed by atoms with Crippen molar-refractivity contribution in [3.05, 3.63) is 29.8 Å². The van der Waals surface area contributed by atoms with Crippen molar-refractivity contribution in [1.29, 1.82) is 0 Å². The van der Waals surface area contributed by atoms with E-state index >= 15 is 0 Å². The number of carbonyl (C=O) groups is 3. The van der Waals surface area contributed by atoms with E-state index in [0.29, 0.717) is 5.69 Å². The minimum Gasteiger partial charge on any atom is -0.466 e. The Morgan fingerprint density at radius 1 is 1.12 bits per heavy atom. The van der Waals surface area contributed by atoms with Gasteiger partial charge < -0.3 is 15.4 Å². The fourth-order valence-corrected chi connectivity index (χ4v) is 1.87. The summed E-state index contributed by atoms with van der Waals surface area (Å²) in [6, 6.07) is 4.25. The first-order valence-corrected chi connectivity index (χ1v) is 7.50. The molecule has 2 amide bonds. The van der Waals surface area contributed by atoms with E-state index in [1.807, 2.05) is 6.92 Å². The summed E-state index contributed by atoms with van der Waals surface area (Å²) in [7, 11) is 0. The fourth-order valence-electron chi connectivity index (χ4n) is 1.87. The molecular weight excluding hydrogens is 341 g/mol. The van der Waals surface area contributed by atoms with Gasteiger partial charge in [-0.15, -0.1) is 0 Å². The van der Waals surface area contributed by atoms with Crippen molar-refractivity contribution >= 4 is 23.5 Å². The molecule has 1 aromatic rings. The van der Waals surface area contributed by atoms with Crippen LogP contribution in [0.3, 0.4) is 0 Å². The molecule has 138 valence electrons. The van der Waals surface area contributed by atoms with E-state index in [-0.39, 0.29) is 6.61 Å². The molecule has 0 bridgehead atoms. The average molecular weight is 360 g/mol. The molecule has 0 radical (unpaired) electrons. The molecule has 0 heterocycles. The number of carbonyl (C=O) groups excluding carboxylic acids is 3. The molecule has 0 aliphatic carbocycles. The number of aryl methyl sites for hydroxylation is 1. The van der Waals surface area contributed by atoms with Crippen LogP contribution in [-0.2, 0) is 19.1 Å². The molecule has 2 N–H and O–H groups in total. The Labute approximate surface area is 142 Å². The maximum absolute atomic E-state index is 12.9. The summed E-state index contributed by atoms with van der Waals surface area (Å²) in [6.07, 6.45) is -6.69. The third-order valence-corrected chi connectivity index (χ3v) is 3.06. The van der Waals surface area contributed by atoms with Crippen LogP contribution in [-0.4, -0.2) is 36.6 Å². The SMILES string of the molecule is CCOC(=O)C[C@@H](NC(=O)CC(=O)Nc1ccc(C)cc1)C(F)(F)F. The first kappa shape index (κ1) is 20.5. The van der Waals surface area contributed by atoms with Gasteiger partial charge in [0.25, 0.3) is 0 Å². The molecule has 0 spiro atoms. The quantitative estimate of drug-likeness (QED) is 0.577. The third-order valence-electron chi connectivity index (χ3n) is 3.06. The van der Waals surface area contributed by atoms with E-state index in [9.17, 15) is 27.6 Å². The number of esters is 1. The number of anilines is 1. The first-order chi connectivity index (χ1) is 11.6. The summed E-state index contributed by atoms with van der Waals surface area (Å²) < 4.78 is 43.1. The monoisotopic (exact) mass is 360 g/mol. The lowest BCUT2D eigenvalue weighted by molar-refractivity contribution is -0.172. The second-order valence-corrected chi connectivity index (χ2v) is 5.26. The Kier molecular flexibility index (Phi) is 7.41. The summed E-state index contributed by atoms with van der Waals surface area (Å²) in [5.41, 5.74) is 1.38. The van der Waals surface area contributed by atoms with Gasteiger partial charge in [-0.2, -0.15) is 13.2 Å². The van der Waals surface area contributed by atoms with Gasteiger partial charge in [0.1, 0.15) is 12.5 Å². The maximum atomic E-state index is 12.9. The van der Waals surface area contributed by atoms with Crippen LogP contribution < -0.4 is 10.6 Å². The van der Waals surface area contributed by atoms with Crippen molar-refractivity contribution in [3.63, 3.8) is 0 Å². The molecular formula is C16H19F3N2O4. The zero-order chi connectivity index (χ0) is 19.0. The maximum Gasteiger partial charge on any atom is 0.409 e. The molecule has 0 aromatic heterocycles. The number of halogens is 3. The predicted octanol–water partition coefficient (Wildman–Crippen LogP) is 2.32. The summed E-state index contributed by atoms with van der Waals surface area (Å²) in [4.78, 5) is 34.6. The Morgan fingerprint density at radius 3 is 2.24 bits per heavy atom. The standard InChI is InChI=1S/C16H19F3N2O4/c1-3-25-15(24)8-12(16(17,18)19)21-14(23)9-13(22)20-11-6-4-10(2)5-7-11/h4-7,12H,3,8-9H2,1-2H3,(H,20,22)(H,21,23)/t12-/m1/s1. The molecule has 0 saturated carbocycles. The van der Waals surface area contributed by atoms with Crippen molar-refractivity contribution in [1.82, 2.24) is 5.32 Å². The molecule has 1 aromatic carbocycles. The zero-order valence-electron chi connectivity index (χ0n) is 13.8. The second-order valence-electron chi connectivity index (χ2n) is 5.26. The predicted molar refractivity (Wildman–Crippen MR) is 83.7 cm³/mol. The molecule has 25 heavy (non-hydrogen) atoms. The van der Waals surface area contributed by atoms with Gasteiger partial charge in [-0.3, -0.25) is 14.4 Å². The van der Waals surface area contributed by atoms with Crippen LogP contribution >= 0.6 is 0 Å². The van der Waals surface area contributed by atoms with Crippen LogP contribution in [0.5, 0.6) is 0 Å². The Hall–Kier alpha value is -2.58. The summed E-state index contributed by atoms with van der Waals surface area (Å²) in [6.45, 7) is 3.23. The van der Waals surface area contributed by atoms with Gasteiger partial charge in [-0.05, 0) is 26.0 Å². The van der Waals surface area contributed by atoms with Gasteiger partial charge in [-0.25, -0.2) is 0 Å². The van der Waals surface area contributed by atoms with E-state index in [1.165, 1.54) is 6.92 Å². The lowest BCUT2D eigenvalue weighted by Gasteiger charge is -2.20. The van der Waals surface area contributed by atoms with Crippen molar-refractivity contribution in [3.8, 4) is 0 Å². The molecule has 0 unspecified atom stereocenters. The van der Waals surface area contributed by atoms with Gasteiger partial charge in [0.05, 0.1) is 13.0 Å². The highest BCUT2D eigenvalue weighted by atomic mass is 19.4. The van der Waals surface area contributed by atoms with E-state index < -0.39 is 42.8 Å². The smallest absolute Gasteiger partial charge is 0.409 e. The third kappa shape index (κ3) is 7.69. The van der Waals surface area contributed by atoms with Crippen LogP contribution in [0.15, 0.2) is 24.3 Å². The van der Waals surface area contributed by atoms with Gasteiger partial charge in [0.15, 0.2) is 0 Å². The van der Waals surface area contributed by atoms with Crippen molar-refractivity contribution < 1.29 is 32.3 Å². The average Bonchev–Trinajstić information content (AvgIpc) is 2.48. The summed E-state index contributed by atoms with van der Waals surface area (Å²) in [5.74, 6) is -3.00. The highest BCUT2D eigenvalue weighted by molar-refractivity contribution is 6.03. The van der Waals surface area contributed by atoms with Gasteiger partial charge in [-0.1, -0.05) is 17.7 Å². The van der Waals surface area contributed by atoms with E-state index in [4.69, 9.17) is 0 Å². The molecule has 0 aliphatic heterocycles. The number of hydrogen-bond acceptors (Lipinski definition) is 4. The second kappa shape index (κ2) is 9.05. The molecule has 0 fully saturated rings. The highest BCUT2D eigenvalue weighted by Gasteiger charge is 2.42. The normalized spacial score (nSPS) is 12.2. The van der Waals surface area contributed by atoms with E-state index in [2.05, 4.69) is 10.1 Å². The van der Waals surface area contributed by atoms with Crippen molar-refractivity contribution in [2.45, 2.75) is 38.9 Å². The number of hydrogen-bond donors (Lipinski definition) is 2. The Bertz CT molecular complexity index is 615. The minimum absolute atomic E-state index is 0.0731. The van der Waals surface area contributed by atoms with Crippen molar-refractivity contribution in [2.75, 3.05) is 11.9 Å². The summed E-state index contributed by atoms with van der Waals surface area (Å²) in [5, 5.41) is 4.05. The molecule has 9 heteroatoms. The highest BCUT2D eigenvalue weighted by Crippen LogP contribution is 2.23. The van der Waals surface area contributed by atoms with Crippen LogP contribution in [0.2, 0.25) is 0 Å². The topological polar surface area (TPSA) is 84.5 Å². The number of benzene rings is 1. The molecule has 1 rings (SSSR count). The number of nitrogens with one attached hydrogen (secondary N) is 2. The lowest BCUT2D eigenvalue weighted by atomic mass is 10.2. The zero-order valence-corrected chi connectivity index (χ0v) is 13.8. The fraction of sp³-hybridized carbons (Fsp3) is 0.438. The molecule has 0 aliphatic rings. The molecule has 6 nitrogen and oxygen atoms in total. The van der Waals surface area contributed by atoms with Crippen LogP contribution in [0, 0.1) is 6.92 Å². The number of ether oxygens (including phenoxy) is 1. The van der Waals surface area contributed by atoms with E-state index in [0.717, 1.165) is 5.56 Å². The van der Waals surface area contributed by atoms with Crippen LogP contribution in [0.25, 0.3) is 0 Å². The van der Waals surface area contributed by atoms with Crippen molar-refractivity contribution in [2.24, 2.45) is 0 Å². The Balaban J connectivity index is 2.59. The number of amides is 2. The number of alkyl halides is 3. The lowest BCUT2D eigenvalue weighted by Crippen LogP contribution is -2.47. The number of rotatable bonds is 7. The van der Waals surface area contributed by atoms with Crippen LogP contribution in [0.1, 0.15) is 25.3 Å². The Morgan fingerprint density at radius 2 is 1.72 bits per heavy atom. The summed E-state index contributed by atoms with van der Waals surface area (Å²) >= 11 is 0. The van der Waals surface area contributed by atoms with Gasteiger partial charge in [0.2, 0.25) is 11.8 Å². The van der Waals surface area contributed by atoms with Gasteiger partial charge in [0, 0.05) is 5.69 Å². The first-order valence-electron chi connectivity index (χ1n) is 7.50. The molecule has 0 saturated heterocycles. The van der Waals surface area contributed by atoms with Gasteiger partial charge >= 0.3 is 12.1 Å². The minimum atomic E-state index is -4.84. The van der Waals surface area contributed by atoms with E-state index in [1.54, 1.807) is 29.6 Å². The largest absolute Gasteiger partial charge is 0.466 e.